The number of nitrogens with one attached hydrogen (secondary N) is 1. The molecule has 1 aromatic heterocycles. The fourth-order valence-corrected chi connectivity index (χ4v) is 1.85. The quantitative estimate of drug-likeness (QED) is 0.841. The molecule has 104 valence electrons. The molecule has 0 fully saturated rings. The van der Waals surface area contributed by atoms with Gasteiger partial charge in [0.1, 0.15) is 6.04 Å². The second-order valence-electron chi connectivity index (χ2n) is 4.27. The predicted molar refractivity (Wildman–Crippen MR) is 74.4 cm³/mol. The highest BCUT2D eigenvalue weighted by Crippen LogP contribution is 2.14. The molecule has 1 heterocycles. The molecule has 0 aliphatic carbocycles. The van der Waals surface area contributed by atoms with Gasteiger partial charge < -0.3 is 9.84 Å². The fraction of sp³-hybridized carbons (Fsp3) is 0.200. The van der Waals surface area contributed by atoms with Crippen molar-refractivity contribution in [2.75, 3.05) is 7.11 Å². The molecular formula is C15H16N2O3. The van der Waals surface area contributed by atoms with E-state index in [-0.39, 0.29) is 0 Å². The Morgan fingerprint density at radius 2 is 2.05 bits per heavy atom. The van der Waals surface area contributed by atoms with Crippen molar-refractivity contribution in [1.82, 2.24) is 10.3 Å². The Kier molecular flexibility index (Phi) is 4.68. The average molecular weight is 272 g/mol. The highest BCUT2D eigenvalue weighted by molar-refractivity contribution is 5.75. The van der Waals surface area contributed by atoms with Gasteiger partial charge in [-0.2, -0.15) is 0 Å². The van der Waals surface area contributed by atoms with Crippen LogP contribution in [-0.2, 0) is 11.3 Å². The number of pyridine rings is 1. The van der Waals surface area contributed by atoms with Gasteiger partial charge in [0.2, 0.25) is 5.88 Å². The van der Waals surface area contributed by atoms with Crippen LogP contribution in [0.5, 0.6) is 5.88 Å². The number of benzene rings is 1. The monoisotopic (exact) mass is 272 g/mol. The highest BCUT2D eigenvalue weighted by atomic mass is 16.5. The molecule has 0 saturated heterocycles. The van der Waals surface area contributed by atoms with Crippen LogP contribution in [0.1, 0.15) is 17.2 Å². The van der Waals surface area contributed by atoms with Crippen molar-refractivity contribution in [3.8, 4) is 5.88 Å². The number of carboxylic acids is 1. The maximum absolute atomic E-state index is 11.3. The van der Waals surface area contributed by atoms with E-state index in [0.29, 0.717) is 12.4 Å². The summed E-state index contributed by atoms with van der Waals surface area (Å²) in [5.74, 6) is -0.371. The van der Waals surface area contributed by atoms with Crippen molar-refractivity contribution >= 4 is 5.97 Å². The van der Waals surface area contributed by atoms with Gasteiger partial charge in [0.15, 0.2) is 0 Å². The van der Waals surface area contributed by atoms with Crippen molar-refractivity contribution in [2.45, 2.75) is 12.6 Å². The molecule has 1 aromatic carbocycles. The molecule has 2 N–H and O–H groups in total. The summed E-state index contributed by atoms with van der Waals surface area (Å²) in [6.45, 7) is 0.419. The van der Waals surface area contributed by atoms with Crippen molar-refractivity contribution in [2.24, 2.45) is 0 Å². The summed E-state index contributed by atoms with van der Waals surface area (Å²) in [5.41, 5.74) is 1.62. The lowest BCUT2D eigenvalue weighted by Crippen LogP contribution is -2.28. The number of carbonyl (C=O) groups is 1. The molecule has 1 unspecified atom stereocenters. The van der Waals surface area contributed by atoms with Crippen molar-refractivity contribution in [1.29, 1.82) is 0 Å². The van der Waals surface area contributed by atoms with Gasteiger partial charge in [0.05, 0.1) is 7.11 Å². The van der Waals surface area contributed by atoms with Crippen LogP contribution in [0.2, 0.25) is 0 Å². The zero-order chi connectivity index (χ0) is 14.4. The van der Waals surface area contributed by atoms with Gasteiger partial charge in [0.25, 0.3) is 0 Å². The lowest BCUT2D eigenvalue weighted by molar-refractivity contribution is -0.139. The van der Waals surface area contributed by atoms with Crippen LogP contribution < -0.4 is 10.1 Å². The van der Waals surface area contributed by atoms with Gasteiger partial charge in [-0.15, -0.1) is 0 Å². The molecule has 0 radical (unpaired) electrons. The SMILES string of the molecule is COc1ccc(CNC(C(=O)O)c2ccccc2)cn1. The first-order valence-corrected chi connectivity index (χ1v) is 6.21. The smallest absolute Gasteiger partial charge is 0.325 e. The number of nitrogens with zero attached hydrogens (tertiary/aromatic N) is 1. The molecule has 20 heavy (non-hydrogen) atoms. The molecule has 0 bridgehead atoms. The third-order valence-electron chi connectivity index (χ3n) is 2.90. The standard InChI is InChI=1S/C15H16N2O3/c1-20-13-8-7-11(9-16-13)10-17-14(15(18)19)12-5-3-2-4-6-12/h2-9,14,17H,10H2,1H3,(H,18,19). The van der Waals surface area contributed by atoms with Crippen LogP contribution in [0.15, 0.2) is 48.7 Å². The summed E-state index contributed by atoms with van der Waals surface area (Å²) in [7, 11) is 1.55. The maximum Gasteiger partial charge on any atom is 0.325 e. The van der Waals surface area contributed by atoms with Crippen LogP contribution in [0, 0.1) is 0 Å². The van der Waals surface area contributed by atoms with Gasteiger partial charge in [-0.25, -0.2) is 4.98 Å². The van der Waals surface area contributed by atoms with Gasteiger partial charge in [-0.3, -0.25) is 10.1 Å². The molecule has 2 rings (SSSR count). The predicted octanol–water partition coefficient (Wildman–Crippen LogP) is 2.01. The van der Waals surface area contributed by atoms with E-state index >= 15 is 0 Å². The second-order valence-corrected chi connectivity index (χ2v) is 4.27. The number of hydrogen-bond donors (Lipinski definition) is 2. The summed E-state index contributed by atoms with van der Waals surface area (Å²) in [6, 6.07) is 11.9. The first kappa shape index (κ1) is 14.0. The summed E-state index contributed by atoms with van der Waals surface area (Å²) in [5, 5.41) is 12.3. The summed E-state index contributed by atoms with van der Waals surface area (Å²) in [6.07, 6.45) is 1.66. The molecule has 0 spiro atoms. The zero-order valence-electron chi connectivity index (χ0n) is 11.1. The van der Waals surface area contributed by atoms with Crippen LogP contribution in [0.25, 0.3) is 0 Å². The summed E-state index contributed by atoms with van der Waals surface area (Å²) in [4.78, 5) is 15.4. The molecule has 0 aliphatic rings. The fourth-order valence-electron chi connectivity index (χ4n) is 1.85. The molecule has 5 heteroatoms. The zero-order valence-corrected chi connectivity index (χ0v) is 11.1. The molecule has 2 aromatic rings. The van der Waals surface area contributed by atoms with Crippen LogP contribution in [-0.4, -0.2) is 23.2 Å². The number of aliphatic carboxylic acids is 1. The molecule has 0 saturated carbocycles. The van der Waals surface area contributed by atoms with E-state index in [2.05, 4.69) is 10.3 Å². The minimum Gasteiger partial charge on any atom is -0.481 e. The van der Waals surface area contributed by atoms with E-state index in [0.717, 1.165) is 11.1 Å². The Balaban J connectivity index is 2.04. The van der Waals surface area contributed by atoms with Gasteiger partial charge >= 0.3 is 5.97 Å². The number of ether oxygens (including phenoxy) is 1. The Hall–Kier alpha value is -2.40. The number of rotatable bonds is 6. The summed E-state index contributed by atoms with van der Waals surface area (Å²) >= 11 is 0. The van der Waals surface area contributed by atoms with Crippen molar-refractivity contribution in [3.63, 3.8) is 0 Å². The molecule has 5 nitrogen and oxygen atoms in total. The lowest BCUT2D eigenvalue weighted by Gasteiger charge is -2.14. The van der Waals surface area contributed by atoms with Crippen LogP contribution >= 0.6 is 0 Å². The largest absolute Gasteiger partial charge is 0.481 e. The van der Waals surface area contributed by atoms with E-state index in [1.54, 1.807) is 31.5 Å². The average Bonchev–Trinajstić information content (AvgIpc) is 2.49. The topological polar surface area (TPSA) is 71.5 Å². The molecule has 0 aliphatic heterocycles. The van der Waals surface area contributed by atoms with E-state index in [1.165, 1.54) is 0 Å². The number of methoxy groups -OCH3 is 1. The third kappa shape index (κ3) is 3.55. The maximum atomic E-state index is 11.3. The Morgan fingerprint density at radius 3 is 2.60 bits per heavy atom. The summed E-state index contributed by atoms with van der Waals surface area (Å²) < 4.78 is 4.98. The molecule has 0 amide bonds. The minimum absolute atomic E-state index is 0.419. The van der Waals surface area contributed by atoms with Gasteiger partial charge in [-0.05, 0) is 11.1 Å². The second kappa shape index (κ2) is 6.68. The normalized spacial score (nSPS) is 11.8. The Bertz CT molecular complexity index is 555. The number of carboxylic acid groups (broad SMARTS) is 1. The van der Waals surface area contributed by atoms with E-state index in [9.17, 15) is 9.90 Å². The Labute approximate surface area is 117 Å². The van der Waals surface area contributed by atoms with E-state index < -0.39 is 12.0 Å². The molecular weight excluding hydrogens is 256 g/mol. The first-order chi connectivity index (χ1) is 9.70. The first-order valence-electron chi connectivity index (χ1n) is 6.21. The van der Waals surface area contributed by atoms with Gasteiger partial charge in [0, 0.05) is 18.8 Å². The third-order valence-corrected chi connectivity index (χ3v) is 2.90. The lowest BCUT2D eigenvalue weighted by atomic mass is 10.1. The number of aromatic nitrogens is 1. The van der Waals surface area contributed by atoms with Crippen LogP contribution in [0.4, 0.5) is 0 Å². The minimum atomic E-state index is -0.905. The Morgan fingerprint density at radius 1 is 1.30 bits per heavy atom. The van der Waals surface area contributed by atoms with E-state index in [4.69, 9.17) is 4.74 Å². The highest BCUT2D eigenvalue weighted by Gasteiger charge is 2.18. The van der Waals surface area contributed by atoms with Crippen molar-refractivity contribution < 1.29 is 14.6 Å². The number of hydrogen-bond acceptors (Lipinski definition) is 4. The van der Waals surface area contributed by atoms with E-state index in [1.807, 2.05) is 24.3 Å². The van der Waals surface area contributed by atoms with Gasteiger partial charge in [-0.1, -0.05) is 36.4 Å². The molecule has 1 atom stereocenters. The van der Waals surface area contributed by atoms with Crippen molar-refractivity contribution in [3.05, 3.63) is 59.8 Å². The van der Waals surface area contributed by atoms with Crippen LogP contribution in [0.3, 0.4) is 0 Å².